The molecule has 98 valence electrons. The Morgan fingerprint density at radius 2 is 2.28 bits per heavy atom. The highest BCUT2D eigenvalue weighted by molar-refractivity contribution is 5.94. The molecule has 1 aliphatic heterocycles. The molecule has 1 atom stereocenters. The predicted molar refractivity (Wildman–Crippen MR) is 70.1 cm³/mol. The van der Waals surface area contributed by atoms with E-state index >= 15 is 0 Å². The molecule has 1 aliphatic rings. The van der Waals surface area contributed by atoms with Crippen LogP contribution in [0.4, 0.5) is 4.39 Å². The molecule has 1 saturated heterocycles. The maximum Gasteiger partial charge on any atom is 0.256 e. The highest BCUT2D eigenvalue weighted by atomic mass is 19.1. The van der Waals surface area contributed by atoms with Gasteiger partial charge in [0.25, 0.3) is 5.91 Å². The second kappa shape index (κ2) is 5.51. The minimum Gasteiger partial charge on any atom is -0.338 e. The molecule has 1 heterocycles. The molecule has 1 aromatic carbocycles. The van der Waals surface area contributed by atoms with Gasteiger partial charge in [-0.25, -0.2) is 4.39 Å². The Labute approximate surface area is 108 Å². The van der Waals surface area contributed by atoms with Crippen molar-refractivity contribution >= 4 is 5.91 Å². The van der Waals surface area contributed by atoms with Gasteiger partial charge in [0.05, 0.1) is 5.56 Å². The Hall–Kier alpha value is -1.38. The van der Waals surface area contributed by atoms with Crippen LogP contribution in [0, 0.1) is 18.7 Å². The van der Waals surface area contributed by atoms with Crippen LogP contribution >= 0.6 is 0 Å². The number of nitrogens with zero attached hydrogens (tertiary/aromatic N) is 1. The first-order valence-electron chi connectivity index (χ1n) is 6.67. The number of carbonyl (C=O) groups excluding carboxylic acids is 1. The van der Waals surface area contributed by atoms with Crippen LogP contribution in [-0.4, -0.2) is 23.9 Å². The van der Waals surface area contributed by atoms with Crippen molar-refractivity contribution in [2.45, 2.75) is 33.1 Å². The Balaban J connectivity index is 2.10. The van der Waals surface area contributed by atoms with Crippen LogP contribution in [0.3, 0.4) is 0 Å². The third kappa shape index (κ3) is 2.71. The second-order valence-corrected chi connectivity index (χ2v) is 5.18. The summed E-state index contributed by atoms with van der Waals surface area (Å²) in [6.45, 7) is 5.57. The van der Waals surface area contributed by atoms with E-state index in [1.807, 2.05) is 6.92 Å². The Morgan fingerprint density at radius 3 is 3.00 bits per heavy atom. The molecule has 1 amide bonds. The summed E-state index contributed by atoms with van der Waals surface area (Å²) in [5.74, 6) is 0.0196. The van der Waals surface area contributed by atoms with Crippen molar-refractivity contribution in [1.82, 2.24) is 4.90 Å². The number of halogens is 1. The van der Waals surface area contributed by atoms with Gasteiger partial charge < -0.3 is 4.90 Å². The predicted octanol–water partition coefficient (Wildman–Crippen LogP) is 3.40. The average molecular weight is 249 g/mol. The van der Waals surface area contributed by atoms with Crippen LogP contribution in [0.25, 0.3) is 0 Å². The van der Waals surface area contributed by atoms with Crippen LogP contribution in [-0.2, 0) is 0 Å². The van der Waals surface area contributed by atoms with Gasteiger partial charge in [0.2, 0.25) is 0 Å². The number of aryl methyl sites for hydroxylation is 1. The summed E-state index contributed by atoms with van der Waals surface area (Å²) in [4.78, 5) is 14.0. The number of hydrogen-bond acceptors (Lipinski definition) is 1. The van der Waals surface area contributed by atoms with Crippen LogP contribution in [0.1, 0.15) is 42.1 Å². The lowest BCUT2D eigenvalue weighted by Gasteiger charge is -2.17. The van der Waals surface area contributed by atoms with Gasteiger partial charge in [-0.1, -0.05) is 25.0 Å². The zero-order valence-corrected chi connectivity index (χ0v) is 11.1. The van der Waals surface area contributed by atoms with Gasteiger partial charge in [-0.05, 0) is 37.8 Å². The van der Waals surface area contributed by atoms with E-state index in [0.29, 0.717) is 5.92 Å². The molecule has 0 aromatic heterocycles. The van der Waals surface area contributed by atoms with Crippen molar-refractivity contribution in [2.75, 3.05) is 13.1 Å². The molecule has 0 radical (unpaired) electrons. The Bertz CT molecular complexity index is 444. The second-order valence-electron chi connectivity index (χ2n) is 5.18. The lowest BCUT2D eigenvalue weighted by Crippen LogP contribution is -2.29. The smallest absolute Gasteiger partial charge is 0.256 e. The van der Waals surface area contributed by atoms with Gasteiger partial charge in [0.1, 0.15) is 5.82 Å². The number of amides is 1. The molecule has 0 saturated carbocycles. The summed E-state index contributed by atoms with van der Waals surface area (Å²) < 4.78 is 13.7. The van der Waals surface area contributed by atoms with Gasteiger partial charge in [-0.3, -0.25) is 4.79 Å². The molecular weight excluding hydrogens is 229 g/mol. The summed E-state index contributed by atoms with van der Waals surface area (Å²) in [6, 6.07) is 4.71. The normalized spacial score (nSPS) is 19.3. The number of likely N-dealkylation sites (tertiary alicyclic amines) is 1. The van der Waals surface area contributed by atoms with Crippen molar-refractivity contribution < 1.29 is 9.18 Å². The first-order valence-corrected chi connectivity index (χ1v) is 6.67. The molecule has 2 nitrogen and oxygen atoms in total. The Morgan fingerprint density at radius 1 is 1.50 bits per heavy atom. The quantitative estimate of drug-likeness (QED) is 0.804. The van der Waals surface area contributed by atoms with Gasteiger partial charge in [-0.15, -0.1) is 0 Å². The topological polar surface area (TPSA) is 20.3 Å². The standard InChI is InChI=1S/C15H20FNO/c1-3-4-12-7-8-17(10-12)15(18)13-9-11(2)5-6-14(13)16/h5-6,9,12H,3-4,7-8,10H2,1-2H3. The summed E-state index contributed by atoms with van der Waals surface area (Å²) in [6.07, 6.45) is 3.35. The zero-order valence-electron chi connectivity index (χ0n) is 11.1. The van der Waals surface area contributed by atoms with E-state index in [1.165, 1.54) is 6.07 Å². The van der Waals surface area contributed by atoms with Gasteiger partial charge in [0, 0.05) is 13.1 Å². The molecule has 0 spiro atoms. The molecule has 0 bridgehead atoms. The minimum absolute atomic E-state index is 0.158. The van der Waals surface area contributed by atoms with Gasteiger partial charge in [0.15, 0.2) is 0 Å². The highest BCUT2D eigenvalue weighted by Crippen LogP contribution is 2.23. The number of benzene rings is 1. The van der Waals surface area contributed by atoms with E-state index in [9.17, 15) is 9.18 Å². The first kappa shape index (κ1) is 13.1. The fourth-order valence-corrected chi connectivity index (χ4v) is 2.63. The lowest BCUT2D eigenvalue weighted by molar-refractivity contribution is 0.0781. The van der Waals surface area contributed by atoms with Crippen LogP contribution < -0.4 is 0 Å². The van der Waals surface area contributed by atoms with Crippen LogP contribution in [0.15, 0.2) is 18.2 Å². The molecule has 3 heteroatoms. The lowest BCUT2D eigenvalue weighted by atomic mass is 10.0. The minimum atomic E-state index is -0.412. The molecular formula is C15H20FNO. The number of carbonyl (C=O) groups is 1. The Kier molecular flexibility index (Phi) is 4.00. The largest absolute Gasteiger partial charge is 0.338 e. The average Bonchev–Trinajstić information content (AvgIpc) is 2.80. The fourth-order valence-electron chi connectivity index (χ4n) is 2.63. The van der Waals surface area contributed by atoms with E-state index < -0.39 is 5.82 Å². The van der Waals surface area contributed by atoms with Crippen LogP contribution in [0.5, 0.6) is 0 Å². The molecule has 1 unspecified atom stereocenters. The molecule has 18 heavy (non-hydrogen) atoms. The molecule has 1 fully saturated rings. The van der Waals surface area contributed by atoms with Crippen molar-refractivity contribution in [2.24, 2.45) is 5.92 Å². The third-order valence-electron chi connectivity index (χ3n) is 3.62. The van der Waals surface area contributed by atoms with Crippen molar-refractivity contribution in [1.29, 1.82) is 0 Å². The summed E-state index contributed by atoms with van der Waals surface area (Å²) in [5.41, 5.74) is 1.14. The molecule has 0 aliphatic carbocycles. The van der Waals surface area contributed by atoms with Crippen molar-refractivity contribution in [3.63, 3.8) is 0 Å². The van der Waals surface area contributed by atoms with Crippen LogP contribution in [0.2, 0.25) is 0 Å². The maximum atomic E-state index is 13.7. The molecule has 1 aromatic rings. The summed E-state index contributed by atoms with van der Waals surface area (Å²) in [5, 5.41) is 0. The first-order chi connectivity index (χ1) is 8.61. The van der Waals surface area contributed by atoms with Gasteiger partial charge in [-0.2, -0.15) is 0 Å². The number of rotatable bonds is 3. The maximum absolute atomic E-state index is 13.7. The van der Waals surface area contributed by atoms with E-state index in [1.54, 1.807) is 17.0 Å². The van der Waals surface area contributed by atoms with Crippen molar-refractivity contribution in [3.05, 3.63) is 35.1 Å². The highest BCUT2D eigenvalue weighted by Gasteiger charge is 2.27. The monoisotopic (exact) mass is 249 g/mol. The fraction of sp³-hybridized carbons (Fsp3) is 0.533. The third-order valence-corrected chi connectivity index (χ3v) is 3.62. The zero-order chi connectivity index (χ0) is 13.1. The van der Waals surface area contributed by atoms with E-state index in [0.717, 1.165) is 37.9 Å². The summed E-state index contributed by atoms with van der Waals surface area (Å²) in [7, 11) is 0. The van der Waals surface area contributed by atoms with E-state index in [2.05, 4.69) is 6.92 Å². The number of hydrogen-bond donors (Lipinski definition) is 0. The molecule has 0 N–H and O–H groups in total. The SMILES string of the molecule is CCCC1CCN(C(=O)c2cc(C)ccc2F)C1. The summed E-state index contributed by atoms with van der Waals surface area (Å²) >= 11 is 0. The van der Waals surface area contributed by atoms with Crippen molar-refractivity contribution in [3.8, 4) is 0 Å². The molecule has 2 rings (SSSR count). The van der Waals surface area contributed by atoms with Gasteiger partial charge >= 0.3 is 0 Å². The van der Waals surface area contributed by atoms with E-state index in [-0.39, 0.29) is 11.5 Å². The van der Waals surface area contributed by atoms with E-state index in [4.69, 9.17) is 0 Å².